The van der Waals surface area contributed by atoms with E-state index in [-0.39, 0.29) is 64.7 Å². The van der Waals surface area contributed by atoms with E-state index in [2.05, 4.69) is 32.0 Å². The van der Waals surface area contributed by atoms with Gasteiger partial charge in [0.1, 0.15) is 42.1 Å². The largest absolute Gasteiger partial charge is 0.461 e. The molecule has 8 aliphatic rings. The number of aromatic nitrogens is 3. The quantitative estimate of drug-likeness (QED) is 0.106. The summed E-state index contributed by atoms with van der Waals surface area (Å²) in [4.78, 5) is 76.6. The number of benzene rings is 3. The summed E-state index contributed by atoms with van der Waals surface area (Å²) >= 11 is 0. The van der Waals surface area contributed by atoms with Gasteiger partial charge in [0.15, 0.2) is 5.82 Å². The average Bonchev–Trinajstić information content (AvgIpc) is 4.11. The first-order valence-electron chi connectivity index (χ1n) is 28.3. The van der Waals surface area contributed by atoms with Crippen molar-refractivity contribution in [2.45, 2.75) is 120 Å². The Morgan fingerprint density at radius 3 is 2.50 bits per heavy atom. The molecule has 4 amide bonds. The van der Waals surface area contributed by atoms with E-state index >= 15 is 8.78 Å². The van der Waals surface area contributed by atoms with Crippen LogP contribution in [0, 0.1) is 35.8 Å². The van der Waals surface area contributed by atoms with E-state index in [1.54, 1.807) is 23.1 Å². The Balaban J connectivity index is 0.627. The van der Waals surface area contributed by atoms with Crippen molar-refractivity contribution in [2.24, 2.45) is 11.8 Å². The maximum absolute atomic E-state index is 17.4. The minimum atomic E-state index is -0.644. The van der Waals surface area contributed by atoms with Crippen molar-refractivity contribution in [3.05, 3.63) is 82.5 Å². The number of imide groups is 1. The molecule has 2 aromatic heterocycles. The van der Waals surface area contributed by atoms with Gasteiger partial charge in [-0.2, -0.15) is 9.97 Å². The summed E-state index contributed by atoms with van der Waals surface area (Å²) in [6, 6.07) is 13.8. The first-order chi connectivity index (χ1) is 38.0. The predicted molar refractivity (Wildman–Crippen MR) is 288 cm³/mol. The topological polar surface area (TPSA) is 163 Å². The lowest BCUT2D eigenvalue weighted by Gasteiger charge is -2.37. The lowest BCUT2D eigenvalue weighted by molar-refractivity contribution is -0.136. The number of halogens is 2. The van der Waals surface area contributed by atoms with Gasteiger partial charge in [-0.1, -0.05) is 30.2 Å². The zero-order valence-corrected chi connectivity index (χ0v) is 44.0. The van der Waals surface area contributed by atoms with Gasteiger partial charge in [0.05, 0.1) is 34.8 Å². The number of amides is 4. The normalized spacial score (nSPS) is 24.9. The van der Waals surface area contributed by atoms with Crippen molar-refractivity contribution in [1.29, 1.82) is 0 Å². The van der Waals surface area contributed by atoms with E-state index in [9.17, 15) is 19.2 Å². The van der Waals surface area contributed by atoms with Crippen molar-refractivity contribution in [3.8, 4) is 29.6 Å². The molecule has 1 N–H and O–H groups in total. The van der Waals surface area contributed by atoms with Crippen molar-refractivity contribution in [2.75, 3.05) is 75.5 Å². The Kier molecular flexibility index (Phi) is 13.4. The lowest BCUT2D eigenvalue weighted by Crippen LogP contribution is -2.52. The molecule has 6 fully saturated rings. The molecule has 18 heteroatoms. The van der Waals surface area contributed by atoms with Crippen LogP contribution in [0.1, 0.15) is 111 Å². The highest BCUT2D eigenvalue weighted by molar-refractivity contribution is 6.06. The number of nitrogens with zero attached hydrogens (tertiary/aromatic N) is 8. The number of likely N-dealkylation sites (tertiary alicyclic amines) is 1. The Morgan fingerprint density at radius 2 is 1.68 bits per heavy atom. The number of rotatable bonds is 10. The van der Waals surface area contributed by atoms with Crippen LogP contribution in [0.15, 0.2) is 48.5 Å². The Bertz CT molecular complexity index is 3280. The second kappa shape index (κ2) is 20.7. The second-order valence-corrected chi connectivity index (χ2v) is 23.0. The van der Waals surface area contributed by atoms with E-state index in [1.165, 1.54) is 6.07 Å². The van der Waals surface area contributed by atoms with Gasteiger partial charge in [-0.15, -0.1) is 6.42 Å². The van der Waals surface area contributed by atoms with E-state index in [0.717, 1.165) is 95.1 Å². The number of carbonyl (C=O) groups is 4. The Morgan fingerprint density at radius 1 is 0.846 bits per heavy atom. The van der Waals surface area contributed by atoms with Crippen LogP contribution in [0.5, 0.6) is 6.01 Å². The minimum absolute atomic E-state index is 0.00696. The van der Waals surface area contributed by atoms with E-state index in [0.29, 0.717) is 123 Å². The fourth-order valence-electron chi connectivity index (χ4n) is 14.4. The second-order valence-electron chi connectivity index (χ2n) is 23.0. The van der Waals surface area contributed by atoms with Gasteiger partial charge >= 0.3 is 12.1 Å². The van der Waals surface area contributed by atoms with Gasteiger partial charge in [-0.3, -0.25) is 24.6 Å². The summed E-state index contributed by atoms with van der Waals surface area (Å²) in [5, 5.41) is 4.04. The van der Waals surface area contributed by atoms with Gasteiger partial charge in [-0.25, -0.2) is 18.6 Å². The zero-order chi connectivity index (χ0) is 53.2. The summed E-state index contributed by atoms with van der Waals surface area (Å²) < 4.78 is 51.4. The van der Waals surface area contributed by atoms with Crippen molar-refractivity contribution < 1.29 is 42.2 Å². The molecule has 6 saturated heterocycles. The van der Waals surface area contributed by atoms with E-state index in [1.807, 2.05) is 23.1 Å². The molecule has 0 spiro atoms. The number of piperidine rings is 3. The number of terminal acetylenes is 1. The van der Waals surface area contributed by atoms with Gasteiger partial charge in [0.25, 0.3) is 5.91 Å². The fraction of sp³-hybridized carbons (Fsp3) is 0.517. The molecule has 5 aromatic rings. The van der Waals surface area contributed by atoms with Crippen LogP contribution in [0.2, 0.25) is 0 Å². The van der Waals surface area contributed by atoms with Gasteiger partial charge in [0.2, 0.25) is 11.8 Å². The van der Waals surface area contributed by atoms with E-state index in [4.69, 9.17) is 35.6 Å². The number of pyridine rings is 1. The molecular weight excluding hydrogens is 997 g/mol. The summed E-state index contributed by atoms with van der Waals surface area (Å²) in [5.41, 5.74) is 3.62. The standard InChI is InChI=1S/C60H65F2N9O7/c1-2-43-46(61)12-8-38-6-3-7-45(50(38)43)53-52(62)54-51-47(63-53)13-10-41-33-76-29-5-23-69(41)55(51)66-58(65-54)78-35-60-21-4-24-71(60)42(16-22-60)34-77-59(75)68-27-19-37(20-28-68)30-36-17-25-67(26-18-36)40-9-11-44-39(31-40)32-70(57(44)74)48-14-15-49(72)64-56(48)73/h1,3,6-9,11-12,31,36-37,41-42,48H,4-5,10,13-30,32-35H2,(H,64,72,73)/t41-,42-,48?,60-/m0/s1. The fourth-order valence-corrected chi connectivity index (χ4v) is 14.4. The third-order valence-corrected chi connectivity index (χ3v) is 18.6. The number of fused-ring (bicyclic) bond motifs is 5. The molecule has 8 aliphatic heterocycles. The Hall–Kier alpha value is -6.97. The molecular formula is C60H65F2N9O7. The number of hydrogen-bond donors (Lipinski definition) is 1. The first kappa shape index (κ1) is 50.5. The molecule has 13 rings (SSSR count). The van der Waals surface area contributed by atoms with Crippen LogP contribution >= 0.6 is 0 Å². The molecule has 16 nitrogen and oxygen atoms in total. The van der Waals surface area contributed by atoms with Crippen LogP contribution in [0.3, 0.4) is 0 Å². The highest BCUT2D eigenvalue weighted by Gasteiger charge is 2.50. The number of carbonyl (C=O) groups excluding carboxylic acids is 4. The maximum Gasteiger partial charge on any atom is 0.409 e. The molecule has 0 saturated carbocycles. The molecule has 0 bridgehead atoms. The number of anilines is 2. The average molecular weight is 1060 g/mol. The molecule has 4 atom stereocenters. The third-order valence-electron chi connectivity index (χ3n) is 18.6. The summed E-state index contributed by atoms with van der Waals surface area (Å²) in [5.74, 6) is 2.20. The predicted octanol–water partition coefficient (Wildman–Crippen LogP) is 7.94. The number of aryl methyl sites for hydroxylation is 1. The van der Waals surface area contributed by atoms with Gasteiger partial charge in [-0.05, 0) is 137 Å². The molecule has 0 radical (unpaired) electrons. The highest BCUT2D eigenvalue weighted by atomic mass is 19.1. The lowest BCUT2D eigenvalue weighted by atomic mass is 9.83. The zero-order valence-electron chi connectivity index (χ0n) is 44.0. The SMILES string of the molecule is C#Cc1c(F)ccc2cccc(-c3nc4c5c(nc(OC[C@@]67CCCN6[C@H](COC(=O)N6CCC(CC8CCN(c9ccc%10c(c9)CN(C9CCC(=O)NC9=O)C%10=O)CC8)CC6)CC7)nc5c3F)N3CCCOC[C@@H]3CC4)c12. The van der Waals surface area contributed by atoms with Crippen molar-refractivity contribution >= 4 is 57.0 Å². The third kappa shape index (κ3) is 9.13. The molecule has 406 valence electrons. The van der Waals surface area contributed by atoms with E-state index < -0.39 is 23.6 Å². The van der Waals surface area contributed by atoms with Crippen molar-refractivity contribution in [3.63, 3.8) is 0 Å². The molecule has 78 heavy (non-hydrogen) atoms. The maximum atomic E-state index is 17.4. The molecule has 0 aliphatic carbocycles. The summed E-state index contributed by atoms with van der Waals surface area (Å²) in [6.45, 7) is 6.87. The number of ether oxygens (including phenoxy) is 3. The van der Waals surface area contributed by atoms with Crippen LogP contribution < -0.4 is 19.9 Å². The number of hydrogen-bond acceptors (Lipinski definition) is 13. The van der Waals surface area contributed by atoms with Gasteiger partial charge in [0, 0.05) is 80.5 Å². The highest BCUT2D eigenvalue weighted by Crippen LogP contribution is 2.45. The van der Waals surface area contributed by atoms with Crippen LogP contribution in [0.25, 0.3) is 32.9 Å². The smallest absolute Gasteiger partial charge is 0.409 e. The van der Waals surface area contributed by atoms with Crippen LogP contribution in [0.4, 0.5) is 25.1 Å². The Labute approximate surface area is 452 Å². The monoisotopic (exact) mass is 1060 g/mol. The molecule has 3 aromatic carbocycles. The summed E-state index contributed by atoms with van der Waals surface area (Å²) in [7, 11) is 0. The number of nitrogens with one attached hydrogen (secondary N) is 1. The molecule has 10 heterocycles. The van der Waals surface area contributed by atoms with Crippen LogP contribution in [-0.2, 0) is 32.0 Å². The van der Waals surface area contributed by atoms with Crippen molar-refractivity contribution in [1.82, 2.24) is 35.0 Å². The van der Waals surface area contributed by atoms with Crippen LogP contribution in [-0.4, -0.2) is 143 Å². The first-order valence-corrected chi connectivity index (χ1v) is 28.3. The van der Waals surface area contributed by atoms with Gasteiger partial charge < -0.3 is 33.8 Å². The molecule has 1 unspecified atom stereocenters. The minimum Gasteiger partial charge on any atom is -0.461 e. The summed E-state index contributed by atoms with van der Waals surface area (Å²) in [6.07, 6.45) is 17.0.